The molecule has 0 aliphatic carbocycles. The van der Waals surface area contributed by atoms with Gasteiger partial charge in [0.1, 0.15) is 11.6 Å². The maximum Gasteiger partial charge on any atom is 0.416 e. The molecule has 0 radical (unpaired) electrons. The lowest BCUT2D eigenvalue weighted by molar-refractivity contribution is -0.137. The van der Waals surface area contributed by atoms with Gasteiger partial charge in [0.05, 0.1) is 11.6 Å². The van der Waals surface area contributed by atoms with Crippen LogP contribution in [0.2, 0.25) is 5.02 Å². The first-order valence-electron chi connectivity index (χ1n) is 9.32. The molecule has 3 aromatic rings. The van der Waals surface area contributed by atoms with Gasteiger partial charge in [0.15, 0.2) is 0 Å². The van der Waals surface area contributed by atoms with E-state index in [0.29, 0.717) is 12.1 Å². The van der Waals surface area contributed by atoms with Crippen molar-refractivity contribution < 1.29 is 31.5 Å². The van der Waals surface area contributed by atoms with Crippen molar-refractivity contribution in [2.75, 3.05) is 11.1 Å². The molecule has 0 bridgehead atoms. The number of anilines is 2. The average Bonchev–Trinajstić information content (AvgIpc) is 3.05. The molecule has 170 valence electrons. The van der Waals surface area contributed by atoms with Gasteiger partial charge in [-0.3, -0.25) is 9.59 Å². The highest BCUT2D eigenvalue weighted by molar-refractivity contribution is 6.31. The van der Waals surface area contributed by atoms with Crippen LogP contribution in [-0.2, 0) is 6.18 Å². The van der Waals surface area contributed by atoms with E-state index in [-0.39, 0.29) is 39.2 Å². The van der Waals surface area contributed by atoms with Gasteiger partial charge in [0, 0.05) is 38.7 Å². The lowest BCUT2D eigenvalue weighted by Crippen LogP contribution is -2.21. The van der Waals surface area contributed by atoms with Crippen LogP contribution in [0.1, 0.15) is 43.4 Å². The molecule has 0 aromatic heterocycles. The summed E-state index contributed by atoms with van der Waals surface area (Å²) in [7, 11) is 0. The SMILES string of the molecule is Nc1cc(NC(=O)c2cc(F)cc(C(F)(F)F)c2)c2c(c1)C(=O)N[C@@H]2c1cc(F)ccc1Cl. The van der Waals surface area contributed by atoms with Gasteiger partial charge in [-0.2, -0.15) is 13.2 Å². The van der Waals surface area contributed by atoms with E-state index >= 15 is 0 Å². The fourth-order valence-electron chi connectivity index (χ4n) is 3.61. The number of fused-ring (bicyclic) bond motifs is 1. The van der Waals surface area contributed by atoms with Gasteiger partial charge in [-0.05, 0) is 48.5 Å². The Morgan fingerprint density at radius 1 is 1.03 bits per heavy atom. The van der Waals surface area contributed by atoms with Crippen molar-refractivity contribution in [3.63, 3.8) is 0 Å². The molecule has 0 spiro atoms. The third-order valence-electron chi connectivity index (χ3n) is 5.02. The van der Waals surface area contributed by atoms with Crippen LogP contribution in [0.3, 0.4) is 0 Å². The number of halogens is 6. The lowest BCUT2D eigenvalue weighted by Gasteiger charge is -2.18. The van der Waals surface area contributed by atoms with Gasteiger partial charge in [-0.25, -0.2) is 8.78 Å². The van der Waals surface area contributed by atoms with Crippen LogP contribution < -0.4 is 16.4 Å². The molecule has 0 fully saturated rings. The average molecular weight is 482 g/mol. The number of nitrogens with one attached hydrogen (secondary N) is 2. The predicted octanol–water partition coefficient (Wildman–Crippen LogP) is 5.30. The molecule has 1 atom stereocenters. The number of benzene rings is 3. The number of amides is 2. The van der Waals surface area contributed by atoms with Crippen molar-refractivity contribution in [1.82, 2.24) is 5.32 Å². The fourth-order valence-corrected chi connectivity index (χ4v) is 3.83. The third-order valence-corrected chi connectivity index (χ3v) is 5.36. The molecule has 33 heavy (non-hydrogen) atoms. The van der Waals surface area contributed by atoms with E-state index in [4.69, 9.17) is 17.3 Å². The Hall–Kier alpha value is -3.66. The molecule has 1 aliphatic heterocycles. The molecule has 4 N–H and O–H groups in total. The van der Waals surface area contributed by atoms with Crippen LogP contribution in [0.4, 0.5) is 33.3 Å². The first kappa shape index (κ1) is 22.5. The molecule has 2 amide bonds. The standard InChI is InChI=1S/C22H13ClF5N3O2/c23-16-2-1-11(24)6-14(16)19-18-15(21(33)31-19)7-13(29)8-17(18)30-20(32)9-3-10(22(26,27)28)5-12(25)4-9/h1-8,19H,29H2,(H,30,32)(H,31,33)/t19-/m1/s1. The first-order chi connectivity index (χ1) is 15.4. The Labute approximate surface area is 188 Å². The molecule has 0 saturated carbocycles. The lowest BCUT2D eigenvalue weighted by atomic mass is 9.95. The summed E-state index contributed by atoms with van der Waals surface area (Å²) in [6, 6.07) is 6.54. The zero-order valence-electron chi connectivity index (χ0n) is 16.4. The van der Waals surface area contributed by atoms with Crippen molar-refractivity contribution in [3.05, 3.63) is 93.0 Å². The number of carbonyl (C=O) groups excluding carboxylic acids is 2. The van der Waals surface area contributed by atoms with E-state index in [0.717, 1.165) is 12.1 Å². The van der Waals surface area contributed by atoms with Gasteiger partial charge < -0.3 is 16.4 Å². The molecular formula is C22H13ClF5N3O2. The summed E-state index contributed by atoms with van der Waals surface area (Å²) in [5.41, 5.74) is 4.36. The van der Waals surface area contributed by atoms with Gasteiger partial charge in [-0.15, -0.1) is 0 Å². The minimum atomic E-state index is -4.87. The summed E-state index contributed by atoms with van der Waals surface area (Å²) in [5.74, 6) is -3.54. The van der Waals surface area contributed by atoms with E-state index in [9.17, 15) is 31.5 Å². The van der Waals surface area contributed by atoms with Gasteiger partial charge in [0.2, 0.25) is 0 Å². The maximum atomic E-state index is 13.9. The summed E-state index contributed by atoms with van der Waals surface area (Å²) in [6.45, 7) is 0. The van der Waals surface area contributed by atoms with E-state index in [1.807, 2.05) is 0 Å². The minimum absolute atomic E-state index is 0.0310. The molecule has 5 nitrogen and oxygen atoms in total. The van der Waals surface area contributed by atoms with Gasteiger partial charge >= 0.3 is 6.18 Å². The zero-order chi connectivity index (χ0) is 24.1. The van der Waals surface area contributed by atoms with Crippen molar-refractivity contribution >= 4 is 34.8 Å². The maximum absolute atomic E-state index is 13.9. The summed E-state index contributed by atoms with van der Waals surface area (Å²) < 4.78 is 66.7. The highest BCUT2D eigenvalue weighted by Gasteiger charge is 2.35. The largest absolute Gasteiger partial charge is 0.416 e. The van der Waals surface area contributed by atoms with Crippen LogP contribution in [0.15, 0.2) is 48.5 Å². The topological polar surface area (TPSA) is 84.2 Å². The number of nitrogen functional groups attached to an aromatic ring is 1. The molecule has 3 aromatic carbocycles. The zero-order valence-corrected chi connectivity index (χ0v) is 17.1. The van der Waals surface area contributed by atoms with E-state index in [1.54, 1.807) is 0 Å². The summed E-state index contributed by atoms with van der Waals surface area (Å²) in [5, 5.41) is 5.12. The Bertz CT molecular complexity index is 1310. The van der Waals surface area contributed by atoms with Crippen LogP contribution >= 0.6 is 11.6 Å². The quantitative estimate of drug-likeness (QED) is 0.350. The minimum Gasteiger partial charge on any atom is -0.399 e. The van der Waals surface area contributed by atoms with E-state index in [1.165, 1.54) is 18.2 Å². The molecule has 0 saturated heterocycles. The number of nitrogens with two attached hydrogens (primary N) is 1. The Balaban J connectivity index is 1.79. The monoisotopic (exact) mass is 481 g/mol. The van der Waals surface area contributed by atoms with Crippen LogP contribution in [0, 0.1) is 11.6 Å². The highest BCUT2D eigenvalue weighted by Crippen LogP contribution is 2.40. The second-order valence-corrected chi connectivity index (χ2v) is 7.69. The third kappa shape index (κ3) is 4.34. The number of hydrogen-bond acceptors (Lipinski definition) is 3. The second-order valence-electron chi connectivity index (χ2n) is 7.28. The highest BCUT2D eigenvalue weighted by atomic mass is 35.5. The Kier molecular flexibility index (Phi) is 5.49. The summed E-state index contributed by atoms with van der Waals surface area (Å²) >= 11 is 6.18. The number of hydrogen-bond donors (Lipinski definition) is 3. The van der Waals surface area contributed by atoms with E-state index < -0.39 is 46.8 Å². The number of carbonyl (C=O) groups is 2. The number of alkyl halides is 3. The van der Waals surface area contributed by atoms with Crippen molar-refractivity contribution in [3.8, 4) is 0 Å². The molecule has 11 heteroatoms. The van der Waals surface area contributed by atoms with Crippen LogP contribution in [0.5, 0.6) is 0 Å². The normalized spacial score (nSPS) is 15.2. The van der Waals surface area contributed by atoms with E-state index in [2.05, 4.69) is 10.6 Å². The van der Waals surface area contributed by atoms with Crippen LogP contribution in [0.25, 0.3) is 0 Å². The van der Waals surface area contributed by atoms with Gasteiger partial charge in [0.25, 0.3) is 11.8 Å². The predicted molar refractivity (Wildman–Crippen MR) is 111 cm³/mol. The van der Waals surface area contributed by atoms with Crippen molar-refractivity contribution in [2.45, 2.75) is 12.2 Å². The summed E-state index contributed by atoms with van der Waals surface area (Å²) in [4.78, 5) is 25.2. The molecule has 1 aliphatic rings. The molecule has 4 rings (SSSR count). The molecule has 1 heterocycles. The first-order valence-corrected chi connectivity index (χ1v) is 9.70. The van der Waals surface area contributed by atoms with Crippen LogP contribution in [-0.4, -0.2) is 11.8 Å². The molecule has 0 unspecified atom stereocenters. The second kappa shape index (κ2) is 8.04. The number of rotatable bonds is 3. The van der Waals surface area contributed by atoms with Crippen molar-refractivity contribution in [1.29, 1.82) is 0 Å². The Morgan fingerprint density at radius 2 is 1.76 bits per heavy atom. The summed E-state index contributed by atoms with van der Waals surface area (Å²) in [6.07, 6.45) is -4.87. The van der Waals surface area contributed by atoms with Gasteiger partial charge in [-0.1, -0.05) is 11.6 Å². The Morgan fingerprint density at radius 3 is 2.45 bits per heavy atom. The van der Waals surface area contributed by atoms with Crippen molar-refractivity contribution in [2.24, 2.45) is 0 Å². The molecular weight excluding hydrogens is 469 g/mol. The fraction of sp³-hybridized carbons (Fsp3) is 0.0909. The smallest absolute Gasteiger partial charge is 0.399 e.